The lowest BCUT2D eigenvalue weighted by atomic mass is 9.87. The zero-order valence-corrected chi connectivity index (χ0v) is 24.3. The third kappa shape index (κ3) is 7.03. The van der Waals surface area contributed by atoms with E-state index in [9.17, 15) is 43.9 Å². The van der Waals surface area contributed by atoms with Gasteiger partial charge in [0, 0.05) is 22.7 Å². The first-order valence-corrected chi connectivity index (χ1v) is 12.9. The Bertz CT molecular complexity index is 1430. The van der Waals surface area contributed by atoms with Gasteiger partial charge in [0.05, 0.1) is 5.70 Å². The Morgan fingerprint density at radius 2 is 1.19 bits per heavy atom. The molecule has 1 aliphatic heterocycles. The van der Waals surface area contributed by atoms with Gasteiger partial charge in [-0.25, -0.2) is 0 Å². The fourth-order valence-electron chi connectivity index (χ4n) is 4.97. The minimum Gasteiger partial charge on any atom is -0.385 e. The predicted molar refractivity (Wildman–Crippen MR) is 143 cm³/mol. The van der Waals surface area contributed by atoms with Crippen molar-refractivity contribution in [3.05, 3.63) is 74.8 Å². The number of nitrogens with zero attached hydrogens (tertiary/aromatic N) is 2. The van der Waals surface area contributed by atoms with Crippen molar-refractivity contribution in [1.82, 2.24) is 4.48 Å². The number of halogens is 10. The largest absolute Gasteiger partial charge is 0.598 e. The van der Waals surface area contributed by atoms with E-state index in [1.165, 1.54) is 13.0 Å². The van der Waals surface area contributed by atoms with Crippen LogP contribution in [0.4, 0.5) is 43.9 Å². The molecule has 236 valence electrons. The van der Waals surface area contributed by atoms with E-state index in [0.29, 0.717) is 44.8 Å². The van der Waals surface area contributed by atoms with Crippen LogP contribution < -0.4 is 0 Å². The molecule has 0 unspecified atom stereocenters. The standard InChI is InChI=1S/C28H29BF10N2O2/c1-14-8-15(2)21(16(3)9-14)22(23-17(4)10-19(6)40-23)24-18(5)11-20(7)41(24)29(42-12-25(30,31)27(34,35)36)43-13-26(32,33)28(37,38)39/h8-11H,12-13H2,1-7H3/b23-22-. The second-order valence-corrected chi connectivity index (χ2v) is 10.6. The Kier molecular flexibility index (Phi) is 9.44. The van der Waals surface area contributed by atoms with Crippen LogP contribution in [0.2, 0.25) is 0 Å². The maximum Gasteiger partial charge on any atom is 0.598 e. The highest BCUT2D eigenvalue weighted by molar-refractivity contribution is 6.43. The Hall–Kier alpha value is -3.07. The monoisotopic (exact) mass is 626 g/mol. The molecule has 2 aromatic rings. The number of hydrogen-bond acceptors (Lipinski definition) is 3. The molecule has 1 aromatic heterocycles. The first kappa shape index (κ1) is 34.4. The smallest absolute Gasteiger partial charge is 0.385 e. The van der Waals surface area contributed by atoms with E-state index in [2.05, 4.69) is 4.99 Å². The van der Waals surface area contributed by atoms with Gasteiger partial charge >= 0.3 is 31.5 Å². The van der Waals surface area contributed by atoms with Crippen LogP contribution >= 0.6 is 0 Å². The summed E-state index contributed by atoms with van der Waals surface area (Å²) in [4.78, 5) is 4.58. The van der Waals surface area contributed by atoms with E-state index < -0.39 is 44.7 Å². The van der Waals surface area contributed by atoms with Crippen LogP contribution in [-0.2, 0) is 9.31 Å². The molecule has 0 aliphatic carbocycles. The summed E-state index contributed by atoms with van der Waals surface area (Å²) < 4.78 is 144. The van der Waals surface area contributed by atoms with Crippen LogP contribution in [0.1, 0.15) is 53.1 Å². The van der Waals surface area contributed by atoms with Gasteiger partial charge in [0.2, 0.25) is 0 Å². The minimum atomic E-state index is -6.10. The second-order valence-electron chi connectivity index (χ2n) is 10.6. The van der Waals surface area contributed by atoms with Crippen LogP contribution in [0.15, 0.2) is 40.5 Å². The number of hydrogen-bond donors (Lipinski definition) is 0. The van der Waals surface area contributed by atoms with E-state index in [0.717, 1.165) is 10.0 Å². The molecule has 2 heterocycles. The zero-order chi connectivity index (χ0) is 32.9. The van der Waals surface area contributed by atoms with Crippen LogP contribution in [0.3, 0.4) is 0 Å². The minimum absolute atomic E-state index is 0.0593. The summed E-state index contributed by atoms with van der Waals surface area (Å²) >= 11 is 0. The van der Waals surface area contributed by atoms with E-state index in [-0.39, 0.29) is 11.4 Å². The molecular weight excluding hydrogens is 597 g/mol. The molecule has 0 radical (unpaired) electrons. The van der Waals surface area contributed by atoms with Crippen LogP contribution in [0.25, 0.3) is 5.57 Å². The summed E-state index contributed by atoms with van der Waals surface area (Å²) in [6.07, 6.45) is -10.5. The number of benzene rings is 1. The summed E-state index contributed by atoms with van der Waals surface area (Å²) in [5.41, 5.74) is 5.30. The highest BCUT2D eigenvalue weighted by atomic mass is 19.4. The number of alkyl halides is 10. The Labute approximate surface area is 242 Å². The number of aliphatic imine (C=N–C) groups is 1. The lowest BCUT2D eigenvalue weighted by Crippen LogP contribution is -2.48. The van der Waals surface area contributed by atoms with Crippen molar-refractivity contribution in [3.8, 4) is 0 Å². The Morgan fingerprint density at radius 3 is 1.58 bits per heavy atom. The summed E-state index contributed by atoms with van der Waals surface area (Å²) in [7, 11) is -2.55. The molecule has 0 N–H and O–H groups in total. The molecular formula is C28H29BF10N2O2. The SMILES string of the molecule is CC1=CC(C)=N/C1=C(/c1c(C)cc(C)cc1C)c1c(C)cc(C)n1B(OCC(F)(F)C(F)(F)F)OCC(F)(F)C(F)(F)F. The quantitative estimate of drug-likeness (QED) is 0.207. The summed E-state index contributed by atoms with van der Waals surface area (Å²) in [5, 5.41) is 0. The number of aromatic nitrogens is 1. The number of rotatable bonds is 9. The highest BCUT2D eigenvalue weighted by Gasteiger charge is 2.60. The maximum absolute atomic E-state index is 13.9. The first-order chi connectivity index (χ1) is 19.5. The molecule has 0 spiro atoms. The molecule has 4 nitrogen and oxygen atoms in total. The molecule has 0 saturated heterocycles. The normalized spacial score (nSPS) is 16.0. The average Bonchev–Trinajstić information content (AvgIpc) is 3.31. The van der Waals surface area contributed by atoms with Gasteiger partial charge in [0.15, 0.2) is 0 Å². The molecule has 43 heavy (non-hydrogen) atoms. The third-order valence-corrected chi connectivity index (χ3v) is 6.76. The fourth-order valence-corrected chi connectivity index (χ4v) is 4.97. The highest BCUT2D eigenvalue weighted by Crippen LogP contribution is 2.41. The fraction of sp³-hybridized carbons (Fsp3) is 0.464. The van der Waals surface area contributed by atoms with Crippen molar-refractivity contribution < 1.29 is 53.2 Å². The molecule has 15 heteroatoms. The lowest BCUT2D eigenvalue weighted by molar-refractivity contribution is -0.295. The summed E-state index contributed by atoms with van der Waals surface area (Å²) in [5.74, 6) is -11.0. The topological polar surface area (TPSA) is 35.8 Å². The van der Waals surface area contributed by atoms with E-state index in [1.807, 2.05) is 19.1 Å². The van der Waals surface area contributed by atoms with Crippen molar-refractivity contribution in [2.24, 2.45) is 4.99 Å². The molecule has 0 atom stereocenters. The van der Waals surface area contributed by atoms with Crippen LogP contribution in [0, 0.1) is 34.6 Å². The average molecular weight is 626 g/mol. The Balaban J connectivity index is 2.33. The molecule has 3 rings (SSSR count). The van der Waals surface area contributed by atoms with Gasteiger partial charge in [0.1, 0.15) is 13.2 Å². The van der Waals surface area contributed by atoms with Crippen molar-refractivity contribution in [3.63, 3.8) is 0 Å². The molecule has 1 aromatic carbocycles. The third-order valence-electron chi connectivity index (χ3n) is 6.76. The van der Waals surface area contributed by atoms with E-state index in [4.69, 9.17) is 9.31 Å². The number of aryl methyl sites for hydroxylation is 5. The van der Waals surface area contributed by atoms with Gasteiger partial charge in [-0.2, -0.15) is 43.9 Å². The Morgan fingerprint density at radius 1 is 0.721 bits per heavy atom. The van der Waals surface area contributed by atoms with Gasteiger partial charge in [-0.15, -0.1) is 0 Å². The van der Waals surface area contributed by atoms with Crippen molar-refractivity contribution in [1.29, 1.82) is 0 Å². The van der Waals surface area contributed by atoms with Gasteiger partial charge in [-0.1, -0.05) is 17.7 Å². The molecule has 1 aliphatic rings. The molecule has 0 bridgehead atoms. The summed E-state index contributed by atoms with van der Waals surface area (Å²) in [6, 6.07) is 5.12. The summed E-state index contributed by atoms with van der Waals surface area (Å²) in [6.45, 7) is 6.88. The van der Waals surface area contributed by atoms with Gasteiger partial charge in [-0.3, -0.25) is 4.99 Å². The predicted octanol–water partition coefficient (Wildman–Crippen LogP) is 8.47. The lowest BCUT2D eigenvalue weighted by Gasteiger charge is -2.27. The van der Waals surface area contributed by atoms with Gasteiger partial charge in [-0.05, 0) is 88.4 Å². The van der Waals surface area contributed by atoms with Crippen LogP contribution in [-0.4, -0.2) is 54.9 Å². The van der Waals surface area contributed by atoms with Gasteiger partial charge in [0.25, 0.3) is 0 Å². The number of allylic oxidation sites excluding steroid dienone is 2. The maximum atomic E-state index is 13.9. The van der Waals surface area contributed by atoms with E-state index >= 15 is 0 Å². The molecule has 0 amide bonds. The van der Waals surface area contributed by atoms with Gasteiger partial charge < -0.3 is 13.8 Å². The van der Waals surface area contributed by atoms with E-state index in [1.54, 1.807) is 40.7 Å². The first-order valence-electron chi connectivity index (χ1n) is 12.9. The zero-order valence-electron chi connectivity index (χ0n) is 24.3. The molecule has 0 fully saturated rings. The second kappa shape index (κ2) is 11.8. The van der Waals surface area contributed by atoms with Crippen molar-refractivity contribution in [2.75, 3.05) is 13.2 Å². The van der Waals surface area contributed by atoms with Crippen LogP contribution in [0.5, 0.6) is 0 Å². The molecule has 0 saturated carbocycles. The van der Waals surface area contributed by atoms with Crippen molar-refractivity contribution in [2.45, 2.75) is 72.7 Å². The van der Waals surface area contributed by atoms with Crippen molar-refractivity contribution >= 4 is 18.5 Å².